The summed E-state index contributed by atoms with van der Waals surface area (Å²) in [5, 5.41) is 0. The number of rotatable bonds is 1. The molecule has 0 N–H and O–H groups in total. The maximum absolute atomic E-state index is 12.1. The summed E-state index contributed by atoms with van der Waals surface area (Å²) in [6.45, 7) is -0.486. The highest BCUT2D eigenvalue weighted by molar-refractivity contribution is 9.13. The lowest BCUT2D eigenvalue weighted by atomic mass is 10.2. The first-order valence-electron chi connectivity index (χ1n) is 2.66. The minimum Gasteiger partial charge on any atom is -0.246 e. The van der Waals surface area contributed by atoms with E-state index in [-0.39, 0.29) is 0 Å². The molecular formula is C7H4Br2F. The summed E-state index contributed by atoms with van der Waals surface area (Å²) in [7, 11) is 0. The SMILES string of the molecule is FCc1[c]ccc(Br)c1Br. The first-order chi connectivity index (χ1) is 4.75. The molecule has 0 saturated carbocycles. The van der Waals surface area contributed by atoms with Crippen molar-refractivity contribution in [2.75, 3.05) is 0 Å². The van der Waals surface area contributed by atoms with Crippen LogP contribution in [0.2, 0.25) is 0 Å². The molecule has 3 heteroatoms. The second-order valence-corrected chi connectivity index (χ2v) is 3.40. The molecule has 1 rings (SSSR count). The molecule has 10 heavy (non-hydrogen) atoms. The van der Waals surface area contributed by atoms with E-state index in [4.69, 9.17) is 0 Å². The molecule has 0 nitrogen and oxygen atoms in total. The molecule has 0 aliphatic rings. The van der Waals surface area contributed by atoms with Gasteiger partial charge in [0.05, 0.1) is 0 Å². The highest BCUT2D eigenvalue weighted by Crippen LogP contribution is 2.26. The fraction of sp³-hybridized carbons (Fsp3) is 0.143. The molecule has 0 aliphatic heterocycles. The van der Waals surface area contributed by atoms with E-state index in [9.17, 15) is 4.39 Å². The van der Waals surface area contributed by atoms with Crippen molar-refractivity contribution < 1.29 is 4.39 Å². The van der Waals surface area contributed by atoms with Crippen molar-refractivity contribution in [3.8, 4) is 0 Å². The van der Waals surface area contributed by atoms with Crippen molar-refractivity contribution >= 4 is 31.9 Å². The fourth-order valence-electron chi connectivity index (χ4n) is 0.593. The summed E-state index contributed by atoms with van der Waals surface area (Å²) >= 11 is 6.48. The number of benzene rings is 1. The number of alkyl halides is 1. The van der Waals surface area contributed by atoms with Gasteiger partial charge in [0.15, 0.2) is 0 Å². The Hall–Kier alpha value is 0.110. The molecule has 0 saturated heterocycles. The zero-order chi connectivity index (χ0) is 7.56. The second-order valence-electron chi connectivity index (χ2n) is 1.75. The monoisotopic (exact) mass is 265 g/mol. The number of hydrogen-bond acceptors (Lipinski definition) is 0. The quantitative estimate of drug-likeness (QED) is 0.730. The van der Waals surface area contributed by atoms with Crippen LogP contribution in [0.25, 0.3) is 0 Å². The molecule has 0 amide bonds. The third-order valence-electron chi connectivity index (χ3n) is 1.10. The Morgan fingerprint density at radius 3 is 2.70 bits per heavy atom. The van der Waals surface area contributed by atoms with Crippen LogP contribution in [0.5, 0.6) is 0 Å². The van der Waals surface area contributed by atoms with E-state index in [2.05, 4.69) is 37.9 Å². The van der Waals surface area contributed by atoms with Gasteiger partial charge in [-0.05, 0) is 44.0 Å². The lowest BCUT2D eigenvalue weighted by molar-refractivity contribution is 0.483. The van der Waals surface area contributed by atoms with Gasteiger partial charge in [-0.1, -0.05) is 6.07 Å². The first kappa shape index (κ1) is 8.21. The summed E-state index contributed by atoms with van der Waals surface area (Å²) in [4.78, 5) is 0. The minimum absolute atomic E-state index is 0.486. The largest absolute Gasteiger partial charge is 0.246 e. The maximum atomic E-state index is 12.1. The van der Waals surface area contributed by atoms with Crippen LogP contribution in [0, 0.1) is 6.07 Å². The average molecular weight is 267 g/mol. The lowest BCUT2D eigenvalue weighted by Gasteiger charge is -1.98. The lowest BCUT2D eigenvalue weighted by Crippen LogP contribution is -1.81. The Morgan fingerprint density at radius 2 is 2.20 bits per heavy atom. The standard InChI is InChI=1S/C7H4Br2F/c8-6-3-1-2-5(4-10)7(6)9/h1,3H,4H2. The van der Waals surface area contributed by atoms with Crippen molar-refractivity contribution in [1.29, 1.82) is 0 Å². The van der Waals surface area contributed by atoms with Crippen molar-refractivity contribution in [3.63, 3.8) is 0 Å². The Labute approximate surface area is 75.7 Å². The zero-order valence-electron chi connectivity index (χ0n) is 5.00. The predicted octanol–water partition coefficient (Wildman–Crippen LogP) is 3.48. The van der Waals surface area contributed by atoms with Crippen LogP contribution in [0.15, 0.2) is 21.1 Å². The molecule has 0 unspecified atom stereocenters. The van der Waals surface area contributed by atoms with Gasteiger partial charge in [-0.15, -0.1) is 0 Å². The van der Waals surface area contributed by atoms with Crippen LogP contribution in [0.3, 0.4) is 0 Å². The van der Waals surface area contributed by atoms with Crippen molar-refractivity contribution in [3.05, 3.63) is 32.7 Å². The Kier molecular flexibility index (Phi) is 2.86. The van der Waals surface area contributed by atoms with Crippen molar-refractivity contribution in [2.24, 2.45) is 0 Å². The van der Waals surface area contributed by atoms with Gasteiger partial charge in [0.25, 0.3) is 0 Å². The third kappa shape index (κ3) is 1.58. The Bertz CT molecular complexity index is 235. The van der Waals surface area contributed by atoms with Crippen LogP contribution in [0.1, 0.15) is 5.56 Å². The molecule has 53 valence electrons. The van der Waals surface area contributed by atoms with E-state index in [1.54, 1.807) is 6.07 Å². The number of halogens is 3. The van der Waals surface area contributed by atoms with Gasteiger partial charge in [0, 0.05) is 14.5 Å². The van der Waals surface area contributed by atoms with Crippen LogP contribution in [-0.2, 0) is 6.67 Å². The summed E-state index contributed by atoms with van der Waals surface area (Å²) in [6, 6.07) is 6.27. The molecule has 0 fully saturated rings. The van der Waals surface area contributed by atoms with E-state index in [0.717, 1.165) is 8.95 Å². The topological polar surface area (TPSA) is 0 Å². The van der Waals surface area contributed by atoms with Gasteiger partial charge in [-0.2, -0.15) is 0 Å². The highest BCUT2D eigenvalue weighted by Gasteiger charge is 2.01. The van der Waals surface area contributed by atoms with E-state index in [1.165, 1.54) is 0 Å². The molecule has 0 spiro atoms. The minimum atomic E-state index is -0.486. The van der Waals surface area contributed by atoms with E-state index >= 15 is 0 Å². The van der Waals surface area contributed by atoms with Gasteiger partial charge in [0.1, 0.15) is 6.67 Å². The van der Waals surface area contributed by atoms with E-state index in [0.29, 0.717) is 5.56 Å². The molecular weight excluding hydrogens is 263 g/mol. The molecule has 1 radical (unpaired) electrons. The molecule has 0 aromatic heterocycles. The first-order valence-corrected chi connectivity index (χ1v) is 4.25. The Balaban J connectivity index is 3.14. The smallest absolute Gasteiger partial charge is 0.116 e. The van der Waals surface area contributed by atoms with Gasteiger partial charge in [-0.3, -0.25) is 0 Å². The van der Waals surface area contributed by atoms with Gasteiger partial charge in [-0.25, -0.2) is 4.39 Å². The summed E-state index contributed by atoms with van der Waals surface area (Å²) < 4.78 is 13.7. The summed E-state index contributed by atoms with van der Waals surface area (Å²) in [6.07, 6.45) is 0. The van der Waals surface area contributed by atoms with Crippen molar-refractivity contribution in [1.82, 2.24) is 0 Å². The molecule has 0 heterocycles. The molecule has 1 aromatic rings. The molecule has 1 aromatic carbocycles. The van der Waals surface area contributed by atoms with Crippen LogP contribution in [-0.4, -0.2) is 0 Å². The maximum Gasteiger partial charge on any atom is 0.116 e. The molecule has 0 aliphatic carbocycles. The number of hydrogen-bond donors (Lipinski definition) is 0. The highest BCUT2D eigenvalue weighted by atomic mass is 79.9. The predicted molar refractivity (Wildman–Crippen MR) is 45.5 cm³/mol. The third-order valence-corrected chi connectivity index (χ3v) is 3.19. The summed E-state index contributed by atoms with van der Waals surface area (Å²) in [5.74, 6) is 0. The zero-order valence-corrected chi connectivity index (χ0v) is 8.17. The summed E-state index contributed by atoms with van der Waals surface area (Å²) in [5.41, 5.74) is 0.550. The van der Waals surface area contributed by atoms with Gasteiger partial charge in [0.2, 0.25) is 0 Å². The van der Waals surface area contributed by atoms with Crippen LogP contribution >= 0.6 is 31.9 Å². The van der Waals surface area contributed by atoms with Crippen LogP contribution < -0.4 is 0 Å². The van der Waals surface area contributed by atoms with E-state index in [1.807, 2.05) is 6.07 Å². The van der Waals surface area contributed by atoms with Gasteiger partial charge < -0.3 is 0 Å². The van der Waals surface area contributed by atoms with E-state index < -0.39 is 6.67 Å². The normalized spacial score (nSPS) is 9.90. The van der Waals surface area contributed by atoms with Crippen molar-refractivity contribution in [2.45, 2.75) is 6.67 Å². The Morgan fingerprint density at radius 1 is 1.50 bits per heavy atom. The van der Waals surface area contributed by atoms with Crippen LogP contribution in [0.4, 0.5) is 4.39 Å². The fourth-order valence-corrected chi connectivity index (χ4v) is 1.32. The van der Waals surface area contributed by atoms with Gasteiger partial charge >= 0.3 is 0 Å². The average Bonchev–Trinajstić information content (AvgIpc) is 1.95. The second kappa shape index (κ2) is 3.49. The molecule has 0 atom stereocenters. The molecule has 0 bridgehead atoms.